The van der Waals surface area contributed by atoms with Crippen molar-refractivity contribution in [2.24, 2.45) is 5.92 Å². The van der Waals surface area contributed by atoms with Gasteiger partial charge < -0.3 is 10.0 Å². The van der Waals surface area contributed by atoms with Gasteiger partial charge in [-0.3, -0.25) is 4.79 Å². The van der Waals surface area contributed by atoms with Crippen LogP contribution in [0.25, 0.3) is 0 Å². The summed E-state index contributed by atoms with van der Waals surface area (Å²) in [5.41, 5.74) is 0. The zero-order chi connectivity index (χ0) is 10.8. The van der Waals surface area contributed by atoms with Gasteiger partial charge >= 0.3 is 5.97 Å². The summed E-state index contributed by atoms with van der Waals surface area (Å²) < 4.78 is 25.0. The number of nitrogens with zero attached hydrogens (tertiary/aromatic N) is 1. The van der Waals surface area contributed by atoms with Crippen LogP contribution in [0.5, 0.6) is 0 Å². The summed E-state index contributed by atoms with van der Waals surface area (Å²) in [5.74, 6) is -3.85. The van der Waals surface area contributed by atoms with Gasteiger partial charge in [-0.1, -0.05) is 0 Å². The van der Waals surface area contributed by atoms with Gasteiger partial charge in [-0.05, 0) is 19.9 Å². The van der Waals surface area contributed by atoms with Crippen molar-refractivity contribution in [2.75, 3.05) is 19.6 Å². The average molecular weight is 207 g/mol. The third kappa shape index (κ3) is 3.57. The predicted octanol–water partition coefficient (Wildman–Crippen LogP) is 1.44. The minimum absolute atomic E-state index is 0.195. The van der Waals surface area contributed by atoms with E-state index in [9.17, 15) is 13.6 Å². The van der Waals surface area contributed by atoms with Gasteiger partial charge in [-0.25, -0.2) is 8.78 Å². The van der Waals surface area contributed by atoms with Gasteiger partial charge in [0.1, 0.15) is 0 Å². The molecule has 0 aliphatic carbocycles. The fraction of sp³-hybridized carbons (Fsp3) is 0.889. The number of carboxylic acid groups (broad SMARTS) is 1. The summed E-state index contributed by atoms with van der Waals surface area (Å²) in [6.45, 7) is 2.20. The van der Waals surface area contributed by atoms with E-state index < -0.39 is 11.9 Å². The van der Waals surface area contributed by atoms with Gasteiger partial charge in [0.15, 0.2) is 0 Å². The van der Waals surface area contributed by atoms with E-state index in [-0.39, 0.29) is 18.9 Å². The lowest BCUT2D eigenvalue weighted by Crippen LogP contribution is -2.27. The first-order valence-corrected chi connectivity index (χ1v) is 4.71. The molecule has 14 heavy (non-hydrogen) atoms. The smallest absolute Gasteiger partial charge is 0.307 e. The molecule has 1 heterocycles. The molecule has 82 valence electrons. The highest BCUT2D eigenvalue weighted by molar-refractivity contribution is 5.70. The SMILES string of the molecule is CC(F)(F)CCN1CCC(C(=O)O)C1. The van der Waals surface area contributed by atoms with Crippen molar-refractivity contribution in [1.29, 1.82) is 0 Å². The van der Waals surface area contributed by atoms with E-state index in [1.54, 1.807) is 4.90 Å². The summed E-state index contributed by atoms with van der Waals surface area (Å²) in [4.78, 5) is 12.4. The van der Waals surface area contributed by atoms with Crippen LogP contribution in [0.4, 0.5) is 8.78 Å². The molecule has 1 saturated heterocycles. The van der Waals surface area contributed by atoms with Crippen molar-refractivity contribution in [2.45, 2.75) is 25.7 Å². The maximum absolute atomic E-state index is 12.5. The van der Waals surface area contributed by atoms with Crippen molar-refractivity contribution in [3.63, 3.8) is 0 Å². The molecule has 1 N–H and O–H groups in total. The van der Waals surface area contributed by atoms with E-state index >= 15 is 0 Å². The van der Waals surface area contributed by atoms with Gasteiger partial charge in [0.25, 0.3) is 0 Å². The summed E-state index contributed by atoms with van der Waals surface area (Å²) in [6, 6.07) is 0. The largest absolute Gasteiger partial charge is 0.481 e. The Kier molecular flexibility index (Phi) is 3.42. The van der Waals surface area contributed by atoms with E-state index in [1.807, 2.05) is 0 Å². The first kappa shape index (κ1) is 11.4. The van der Waals surface area contributed by atoms with Crippen molar-refractivity contribution in [3.8, 4) is 0 Å². The van der Waals surface area contributed by atoms with Crippen molar-refractivity contribution in [3.05, 3.63) is 0 Å². The van der Waals surface area contributed by atoms with Gasteiger partial charge in [-0.2, -0.15) is 0 Å². The monoisotopic (exact) mass is 207 g/mol. The minimum Gasteiger partial charge on any atom is -0.481 e. The number of rotatable bonds is 4. The molecular formula is C9H15F2NO2. The fourth-order valence-electron chi connectivity index (χ4n) is 1.59. The average Bonchev–Trinajstić information content (AvgIpc) is 2.47. The molecule has 5 heteroatoms. The Balaban J connectivity index is 2.26. The van der Waals surface area contributed by atoms with Crippen molar-refractivity contribution in [1.82, 2.24) is 4.90 Å². The second kappa shape index (κ2) is 4.21. The van der Waals surface area contributed by atoms with E-state index in [1.165, 1.54) is 0 Å². The molecule has 0 bridgehead atoms. The van der Waals surface area contributed by atoms with Crippen molar-refractivity contribution >= 4 is 5.97 Å². The molecule has 0 aromatic rings. The van der Waals surface area contributed by atoms with E-state index in [2.05, 4.69) is 0 Å². The first-order chi connectivity index (χ1) is 6.38. The molecule has 1 rings (SSSR count). The quantitative estimate of drug-likeness (QED) is 0.758. The number of hydrogen-bond donors (Lipinski definition) is 1. The van der Waals surface area contributed by atoms with Gasteiger partial charge in [0.05, 0.1) is 5.92 Å². The van der Waals surface area contributed by atoms with Crippen molar-refractivity contribution < 1.29 is 18.7 Å². The third-order valence-corrected chi connectivity index (χ3v) is 2.49. The minimum atomic E-state index is -2.65. The summed E-state index contributed by atoms with van der Waals surface area (Å²) in [7, 11) is 0. The Morgan fingerprint density at radius 3 is 2.71 bits per heavy atom. The molecule has 0 aromatic heterocycles. The molecule has 0 radical (unpaired) electrons. The second-order valence-electron chi connectivity index (χ2n) is 3.94. The molecule has 3 nitrogen and oxygen atoms in total. The van der Waals surface area contributed by atoms with Crippen LogP contribution in [-0.2, 0) is 4.79 Å². The van der Waals surface area contributed by atoms with Crippen LogP contribution < -0.4 is 0 Å². The zero-order valence-electron chi connectivity index (χ0n) is 8.17. The Labute approximate surface area is 81.7 Å². The van der Waals surface area contributed by atoms with Crippen LogP contribution in [-0.4, -0.2) is 41.5 Å². The lowest BCUT2D eigenvalue weighted by atomic mass is 10.1. The van der Waals surface area contributed by atoms with Crippen LogP contribution in [0.2, 0.25) is 0 Å². The molecule has 0 saturated carbocycles. The topological polar surface area (TPSA) is 40.5 Å². The van der Waals surface area contributed by atoms with E-state index in [0.29, 0.717) is 19.5 Å². The normalized spacial score (nSPS) is 24.1. The summed E-state index contributed by atoms with van der Waals surface area (Å²) >= 11 is 0. The first-order valence-electron chi connectivity index (χ1n) is 4.71. The predicted molar refractivity (Wildman–Crippen MR) is 47.4 cm³/mol. The van der Waals surface area contributed by atoms with Crippen LogP contribution in [0.3, 0.4) is 0 Å². The number of alkyl halides is 2. The molecule has 0 aromatic carbocycles. The second-order valence-corrected chi connectivity index (χ2v) is 3.94. The maximum atomic E-state index is 12.5. The number of carboxylic acids is 1. The molecule has 1 atom stereocenters. The molecule has 1 aliphatic rings. The molecule has 1 fully saturated rings. The van der Waals surface area contributed by atoms with Crippen LogP contribution >= 0.6 is 0 Å². The highest BCUT2D eigenvalue weighted by Crippen LogP contribution is 2.21. The van der Waals surface area contributed by atoms with Crippen LogP contribution in [0.15, 0.2) is 0 Å². The number of halogens is 2. The van der Waals surface area contributed by atoms with Gasteiger partial charge in [0.2, 0.25) is 5.92 Å². The standard InChI is InChI=1S/C9H15F2NO2/c1-9(10,11)3-5-12-4-2-7(6-12)8(13)14/h7H,2-6H2,1H3,(H,13,14). The van der Waals surface area contributed by atoms with Crippen LogP contribution in [0, 0.1) is 5.92 Å². The Hall–Kier alpha value is -0.710. The number of carbonyl (C=O) groups is 1. The van der Waals surface area contributed by atoms with Crippen LogP contribution in [0.1, 0.15) is 19.8 Å². The fourth-order valence-corrected chi connectivity index (χ4v) is 1.59. The molecule has 0 spiro atoms. The Morgan fingerprint density at radius 2 is 2.29 bits per heavy atom. The molecule has 0 amide bonds. The lowest BCUT2D eigenvalue weighted by Gasteiger charge is -2.17. The number of hydrogen-bond acceptors (Lipinski definition) is 2. The maximum Gasteiger partial charge on any atom is 0.307 e. The Bertz CT molecular complexity index is 215. The molecule has 1 unspecified atom stereocenters. The van der Waals surface area contributed by atoms with Gasteiger partial charge in [0, 0.05) is 19.5 Å². The highest BCUT2D eigenvalue weighted by Gasteiger charge is 2.30. The summed E-state index contributed by atoms with van der Waals surface area (Å²) in [5, 5.41) is 8.68. The molecular weight excluding hydrogens is 192 g/mol. The summed E-state index contributed by atoms with van der Waals surface area (Å²) in [6.07, 6.45) is 0.379. The number of likely N-dealkylation sites (tertiary alicyclic amines) is 1. The lowest BCUT2D eigenvalue weighted by molar-refractivity contribution is -0.141. The number of aliphatic carboxylic acids is 1. The van der Waals surface area contributed by atoms with Gasteiger partial charge in [-0.15, -0.1) is 0 Å². The van der Waals surface area contributed by atoms with E-state index in [0.717, 1.165) is 6.92 Å². The Morgan fingerprint density at radius 1 is 1.64 bits per heavy atom. The third-order valence-electron chi connectivity index (χ3n) is 2.49. The zero-order valence-corrected chi connectivity index (χ0v) is 8.17. The van der Waals surface area contributed by atoms with E-state index in [4.69, 9.17) is 5.11 Å². The highest BCUT2D eigenvalue weighted by atomic mass is 19.3. The molecule has 1 aliphatic heterocycles.